The highest BCUT2D eigenvalue weighted by molar-refractivity contribution is 9.18. The number of halogens is 1. The van der Waals surface area contributed by atoms with Gasteiger partial charge in [0.15, 0.2) is 10.6 Å². The lowest BCUT2D eigenvalue weighted by Gasteiger charge is -2.20. The number of rotatable bonds is 2. The summed E-state index contributed by atoms with van der Waals surface area (Å²) in [5.41, 5.74) is 2.13. The molecule has 1 N–H and O–H groups in total. The average Bonchev–Trinajstić information content (AvgIpc) is 2.48. The van der Waals surface area contributed by atoms with Crippen molar-refractivity contribution in [3.05, 3.63) is 71.8 Å². The smallest absolute Gasteiger partial charge is 0.174 e. The number of aliphatic imine (C=N–C) groups is 2. The zero-order chi connectivity index (χ0) is 13.1. The lowest BCUT2D eigenvalue weighted by atomic mass is 10.1. The van der Waals surface area contributed by atoms with Gasteiger partial charge in [-0.05, 0) is 21.5 Å². The van der Waals surface area contributed by atoms with E-state index in [0.717, 1.165) is 17.0 Å². The fourth-order valence-corrected chi connectivity index (χ4v) is 2.33. The van der Waals surface area contributed by atoms with Gasteiger partial charge in [0, 0.05) is 5.56 Å². The van der Waals surface area contributed by atoms with E-state index in [-0.39, 0.29) is 6.17 Å². The third-order valence-electron chi connectivity index (χ3n) is 2.86. The van der Waals surface area contributed by atoms with Gasteiger partial charge in [0.2, 0.25) is 0 Å². The Hall–Kier alpha value is -1.94. The maximum atomic E-state index is 4.66. The molecule has 4 heteroatoms. The van der Waals surface area contributed by atoms with Crippen LogP contribution >= 0.6 is 15.9 Å². The molecule has 1 aliphatic heterocycles. The molecule has 19 heavy (non-hydrogen) atoms. The van der Waals surface area contributed by atoms with Gasteiger partial charge >= 0.3 is 0 Å². The number of benzene rings is 2. The summed E-state index contributed by atoms with van der Waals surface area (Å²) in [6.45, 7) is 0. The zero-order valence-corrected chi connectivity index (χ0v) is 11.7. The van der Waals surface area contributed by atoms with E-state index in [9.17, 15) is 0 Å². The molecule has 0 radical (unpaired) electrons. The van der Waals surface area contributed by atoms with Crippen LogP contribution in [-0.2, 0) is 0 Å². The van der Waals surface area contributed by atoms with Crippen LogP contribution in [0.3, 0.4) is 0 Å². The highest BCUT2D eigenvalue weighted by Crippen LogP contribution is 2.20. The van der Waals surface area contributed by atoms with Crippen molar-refractivity contribution < 1.29 is 0 Å². The van der Waals surface area contributed by atoms with Crippen LogP contribution in [-0.4, -0.2) is 10.6 Å². The van der Waals surface area contributed by atoms with E-state index in [0.29, 0.717) is 4.74 Å². The summed E-state index contributed by atoms with van der Waals surface area (Å²) in [6.07, 6.45) is -0.108. The zero-order valence-electron chi connectivity index (χ0n) is 10.1. The monoisotopic (exact) mass is 313 g/mol. The fraction of sp³-hybridized carbons (Fsp3) is 0.0667. The number of amidine groups is 2. The minimum Gasteiger partial charge on any atom is -0.339 e. The SMILES string of the molecule is BrC1=NC(c2ccccc2)=NC(c2ccccc2)N1. The molecule has 0 amide bonds. The first kappa shape index (κ1) is 12.1. The van der Waals surface area contributed by atoms with Crippen molar-refractivity contribution in [3.8, 4) is 0 Å². The minimum atomic E-state index is -0.108. The lowest BCUT2D eigenvalue weighted by Crippen LogP contribution is -2.29. The average molecular weight is 314 g/mol. The van der Waals surface area contributed by atoms with Gasteiger partial charge in [-0.2, -0.15) is 0 Å². The van der Waals surface area contributed by atoms with Crippen LogP contribution in [0.2, 0.25) is 0 Å². The van der Waals surface area contributed by atoms with E-state index in [1.54, 1.807) is 0 Å². The predicted octanol–water partition coefficient (Wildman–Crippen LogP) is 3.49. The molecule has 0 fully saturated rings. The van der Waals surface area contributed by atoms with Crippen LogP contribution in [0.1, 0.15) is 17.3 Å². The molecule has 1 atom stereocenters. The van der Waals surface area contributed by atoms with E-state index in [4.69, 9.17) is 0 Å². The first-order valence-corrected chi connectivity index (χ1v) is 6.81. The van der Waals surface area contributed by atoms with Gasteiger partial charge in [-0.3, -0.25) is 0 Å². The molecule has 0 aromatic heterocycles. The largest absolute Gasteiger partial charge is 0.339 e. The van der Waals surface area contributed by atoms with Gasteiger partial charge in [-0.25, -0.2) is 9.98 Å². The summed E-state index contributed by atoms with van der Waals surface area (Å²) in [6, 6.07) is 20.1. The quantitative estimate of drug-likeness (QED) is 0.847. The second-order valence-electron chi connectivity index (χ2n) is 4.18. The summed E-state index contributed by atoms with van der Waals surface area (Å²) >= 11 is 3.42. The summed E-state index contributed by atoms with van der Waals surface area (Å²) in [5.74, 6) is 0.736. The van der Waals surface area contributed by atoms with E-state index < -0.39 is 0 Å². The van der Waals surface area contributed by atoms with Crippen molar-refractivity contribution in [3.63, 3.8) is 0 Å². The topological polar surface area (TPSA) is 36.8 Å². The third-order valence-corrected chi connectivity index (χ3v) is 3.26. The van der Waals surface area contributed by atoms with E-state index in [2.05, 4.69) is 43.4 Å². The van der Waals surface area contributed by atoms with Crippen LogP contribution < -0.4 is 5.32 Å². The molecule has 0 spiro atoms. The molecule has 0 saturated carbocycles. The molecule has 94 valence electrons. The Morgan fingerprint density at radius 1 is 0.895 bits per heavy atom. The number of nitrogens with zero attached hydrogens (tertiary/aromatic N) is 2. The summed E-state index contributed by atoms with van der Waals surface area (Å²) in [7, 11) is 0. The van der Waals surface area contributed by atoms with Gasteiger partial charge in [-0.15, -0.1) is 0 Å². The molecule has 3 rings (SSSR count). The number of hydrogen-bond donors (Lipinski definition) is 1. The van der Waals surface area contributed by atoms with Gasteiger partial charge < -0.3 is 5.32 Å². The number of nitrogens with one attached hydrogen (secondary N) is 1. The summed E-state index contributed by atoms with van der Waals surface area (Å²) in [5, 5.41) is 3.21. The van der Waals surface area contributed by atoms with E-state index in [1.807, 2.05) is 48.5 Å². The highest BCUT2D eigenvalue weighted by Gasteiger charge is 2.17. The Kier molecular flexibility index (Phi) is 3.42. The van der Waals surface area contributed by atoms with Crippen molar-refractivity contribution >= 4 is 26.5 Å². The van der Waals surface area contributed by atoms with Gasteiger partial charge in [-0.1, -0.05) is 60.7 Å². The maximum Gasteiger partial charge on any atom is 0.174 e. The van der Waals surface area contributed by atoms with Crippen molar-refractivity contribution in [2.75, 3.05) is 0 Å². The van der Waals surface area contributed by atoms with E-state index >= 15 is 0 Å². The van der Waals surface area contributed by atoms with Crippen LogP contribution in [0.5, 0.6) is 0 Å². The molecule has 2 aromatic carbocycles. The predicted molar refractivity (Wildman–Crippen MR) is 81.7 cm³/mol. The van der Waals surface area contributed by atoms with Crippen LogP contribution in [0, 0.1) is 0 Å². The Bertz CT molecular complexity index is 620. The Balaban J connectivity index is 1.98. The van der Waals surface area contributed by atoms with Crippen molar-refractivity contribution in [1.29, 1.82) is 0 Å². The molecule has 0 aliphatic carbocycles. The summed E-state index contributed by atoms with van der Waals surface area (Å²) < 4.78 is 0.704. The Morgan fingerprint density at radius 3 is 2.21 bits per heavy atom. The second kappa shape index (κ2) is 5.36. The van der Waals surface area contributed by atoms with Crippen molar-refractivity contribution in [1.82, 2.24) is 5.32 Å². The van der Waals surface area contributed by atoms with Crippen LogP contribution in [0.25, 0.3) is 0 Å². The maximum absolute atomic E-state index is 4.66. The molecular weight excluding hydrogens is 302 g/mol. The first-order valence-electron chi connectivity index (χ1n) is 6.02. The lowest BCUT2D eigenvalue weighted by molar-refractivity contribution is 0.681. The van der Waals surface area contributed by atoms with Gasteiger partial charge in [0.25, 0.3) is 0 Å². The number of hydrogen-bond acceptors (Lipinski definition) is 3. The molecule has 0 bridgehead atoms. The Morgan fingerprint density at radius 2 is 1.53 bits per heavy atom. The molecule has 1 aliphatic rings. The van der Waals surface area contributed by atoms with Crippen molar-refractivity contribution in [2.45, 2.75) is 6.17 Å². The standard InChI is InChI=1S/C15H12BrN3/c16-15-18-13(11-7-3-1-4-8-11)17-14(19-15)12-9-5-2-6-10-12/h1-10,13H,(H,17,18,19). The summed E-state index contributed by atoms with van der Waals surface area (Å²) in [4.78, 5) is 9.06. The highest BCUT2D eigenvalue weighted by atomic mass is 79.9. The third kappa shape index (κ3) is 2.74. The molecule has 0 saturated heterocycles. The molecule has 1 heterocycles. The first-order chi connectivity index (χ1) is 9.33. The Labute approximate surface area is 120 Å². The fourth-order valence-electron chi connectivity index (χ4n) is 1.94. The normalized spacial score (nSPS) is 18.3. The van der Waals surface area contributed by atoms with Crippen LogP contribution in [0.4, 0.5) is 0 Å². The van der Waals surface area contributed by atoms with Gasteiger partial charge in [0.05, 0.1) is 0 Å². The van der Waals surface area contributed by atoms with E-state index in [1.165, 1.54) is 0 Å². The molecular formula is C15H12BrN3. The molecule has 2 aromatic rings. The molecule has 1 unspecified atom stereocenters. The van der Waals surface area contributed by atoms with Gasteiger partial charge in [0.1, 0.15) is 6.17 Å². The van der Waals surface area contributed by atoms with Crippen LogP contribution in [0.15, 0.2) is 70.6 Å². The van der Waals surface area contributed by atoms with Crippen molar-refractivity contribution in [2.24, 2.45) is 9.98 Å². The second-order valence-corrected chi connectivity index (χ2v) is 4.93. The molecule has 3 nitrogen and oxygen atoms in total. The minimum absolute atomic E-state index is 0.108.